The van der Waals surface area contributed by atoms with Crippen LogP contribution in [0.5, 0.6) is 0 Å². The number of esters is 1. The fourth-order valence-corrected chi connectivity index (χ4v) is 2.80. The molecular formula is C17H16N6O2S. The lowest BCUT2D eigenvalue weighted by atomic mass is 10.2. The van der Waals surface area contributed by atoms with E-state index in [1.165, 1.54) is 11.8 Å². The van der Waals surface area contributed by atoms with Gasteiger partial charge in [-0.05, 0) is 52.9 Å². The molecule has 0 aliphatic carbocycles. The minimum absolute atomic E-state index is 0.0859. The van der Waals surface area contributed by atoms with Crippen molar-refractivity contribution in [2.24, 2.45) is 5.10 Å². The maximum Gasteiger partial charge on any atom is 0.365 e. The summed E-state index contributed by atoms with van der Waals surface area (Å²) in [5, 5.41) is 16.3. The zero-order valence-electron chi connectivity index (χ0n) is 14.2. The van der Waals surface area contributed by atoms with E-state index in [-0.39, 0.29) is 5.04 Å². The highest BCUT2D eigenvalue weighted by Gasteiger charge is 2.19. The predicted octanol–water partition coefficient (Wildman–Crippen LogP) is 2.66. The lowest BCUT2D eigenvalue weighted by molar-refractivity contribution is -0.132. The van der Waals surface area contributed by atoms with Gasteiger partial charge in [0.1, 0.15) is 0 Å². The number of tetrazole rings is 1. The van der Waals surface area contributed by atoms with E-state index < -0.39 is 5.97 Å². The van der Waals surface area contributed by atoms with Crippen molar-refractivity contribution >= 4 is 28.5 Å². The van der Waals surface area contributed by atoms with E-state index in [9.17, 15) is 4.79 Å². The van der Waals surface area contributed by atoms with Crippen molar-refractivity contribution in [2.75, 3.05) is 12.5 Å². The summed E-state index contributed by atoms with van der Waals surface area (Å²) < 4.78 is 6.34. The van der Waals surface area contributed by atoms with Crippen LogP contribution in [0.1, 0.15) is 5.56 Å². The van der Waals surface area contributed by atoms with Crippen LogP contribution in [0.4, 0.5) is 5.69 Å². The number of anilines is 1. The largest absolute Gasteiger partial charge is 0.464 e. The van der Waals surface area contributed by atoms with Crippen molar-refractivity contribution in [1.82, 2.24) is 20.2 Å². The molecule has 2 aromatic carbocycles. The first-order chi connectivity index (χ1) is 12.7. The molecule has 132 valence electrons. The maximum absolute atomic E-state index is 12.1. The molecule has 3 aromatic rings. The Balaban J connectivity index is 1.87. The molecule has 8 nitrogen and oxygen atoms in total. The van der Waals surface area contributed by atoms with Crippen molar-refractivity contribution in [3.8, 4) is 5.69 Å². The van der Waals surface area contributed by atoms with Gasteiger partial charge >= 0.3 is 5.97 Å². The first kappa shape index (κ1) is 17.6. The van der Waals surface area contributed by atoms with Gasteiger partial charge in [-0.2, -0.15) is 9.78 Å². The number of aromatic nitrogens is 4. The zero-order valence-corrected chi connectivity index (χ0v) is 15.0. The molecule has 1 aromatic heterocycles. The first-order valence-corrected chi connectivity index (χ1v) is 8.50. The van der Waals surface area contributed by atoms with Gasteiger partial charge in [0.05, 0.1) is 18.5 Å². The summed E-state index contributed by atoms with van der Waals surface area (Å²) in [5.74, 6) is -0.585. The second-order valence-electron chi connectivity index (χ2n) is 5.15. The Morgan fingerprint density at radius 2 is 1.88 bits per heavy atom. The molecule has 0 spiro atoms. The molecule has 0 amide bonds. The molecule has 0 aliphatic rings. The number of methoxy groups -OCH3 is 1. The Kier molecular flexibility index (Phi) is 5.59. The molecule has 1 N–H and O–H groups in total. The Hall–Kier alpha value is -3.20. The number of hydrazone groups is 1. The van der Waals surface area contributed by atoms with Gasteiger partial charge in [0, 0.05) is 0 Å². The topological polar surface area (TPSA) is 94.3 Å². The van der Waals surface area contributed by atoms with E-state index in [1.54, 1.807) is 0 Å². The van der Waals surface area contributed by atoms with Crippen molar-refractivity contribution in [3.05, 3.63) is 60.2 Å². The molecule has 0 atom stereocenters. The molecule has 0 saturated carbocycles. The third-order valence-electron chi connectivity index (χ3n) is 3.41. The average molecular weight is 368 g/mol. The van der Waals surface area contributed by atoms with Crippen LogP contribution in [0.25, 0.3) is 5.69 Å². The van der Waals surface area contributed by atoms with Crippen LogP contribution >= 0.6 is 11.8 Å². The van der Waals surface area contributed by atoms with E-state index in [1.807, 2.05) is 61.5 Å². The van der Waals surface area contributed by atoms with Gasteiger partial charge < -0.3 is 4.74 Å². The second kappa shape index (κ2) is 8.26. The molecule has 1 heterocycles. The molecule has 0 fully saturated rings. The highest BCUT2D eigenvalue weighted by atomic mass is 32.2. The van der Waals surface area contributed by atoms with Gasteiger partial charge in [0.2, 0.25) is 10.2 Å². The maximum atomic E-state index is 12.1. The van der Waals surface area contributed by atoms with Crippen LogP contribution in [-0.4, -0.2) is 38.3 Å². The van der Waals surface area contributed by atoms with E-state index in [0.717, 1.165) is 28.7 Å². The molecule has 0 aliphatic heterocycles. The van der Waals surface area contributed by atoms with Crippen LogP contribution in [0.3, 0.4) is 0 Å². The number of aryl methyl sites for hydroxylation is 1. The Morgan fingerprint density at radius 1 is 1.15 bits per heavy atom. The van der Waals surface area contributed by atoms with Crippen molar-refractivity contribution < 1.29 is 9.53 Å². The summed E-state index contributed by atoms with van der Waals surface area (Å²) >= 11 is 1.01. The number of thioether (sulfide) groups is 1. The van der Waals surface area contributed by atoms with Gasteiger partial charge in [-0.1, -0.05) is 36.4 Å². The molecule has 0 radical (unpaired) electrons. The Morgan fingerprint density at radius 3 is 2.62 bits per heavy atom. The number of carbonyl (C=O) groups excluding carboxylic acids is 1. The molecular weight excluding hydrogens is 352 g/mol. The minimum atomic E-state index is -0.585. The number of carbonyl (C=O) groups is 1. The van der Waals surface area contributed by atoms with Crippen LogP contribution in [-0.2, 0) is 9.53 Å². The van der Waals surface area contributed by atoms with E-state index in [4.69, 9.17) is 4.74 Å². The number of nitrogens with zero attached hydrogens (tertiary/aromatic N) is 5. The van der Waals surface area contributed by atoms with Gasteiger partial charge in [-0.3, -0.25) is 5.43 Å². The summed E-state index contributed by atoms with van der Waals surface area (Å²) in [6.07, 6.45) is 0. The van der Waals surface area contributed by atoms with Crippen LogP contribution in [0, 0.1) is 6.92 Å². The number of hydrogen-bond donors (Lipinski definition) is 1. The Bertz CT molecular complexity index is 926. The second-order valence-corrected chi connectivity index (χ2v) is 6.10. The zero-order chi connectivity index (χ0) is 18.4. The fourth-order valence-electron chi connectivity index (χ4n) is 2.07. The molecule has 3 rings (SSSR count). The number of hydrogen-bond acceptors (Lipinski definition) is 8. The van der Waals surface area contributed by atoms with Gasteiger partial charge in [0.25, 0.3) is 0 Å². The first-order valence-electron chi connectivity index (χ1n) is 7.68. The number of para-hydroxylation sites is 2. The summed E-state index contributed by atoms with van der Waals surface area (Å²) in [5.41, 5.74) is 5.45. The van der Waals surface area contributed by atoms with Gasteiger partial charge in [-0.15, -0.1) is 5.10 Å². The van der Waals surface area contributed by atoms with Gasteiger partial charge in [-0.25, -0.2) is 4.79 Å². The smallest absolute Gasteiger partial charge is 0.365 e. The third kappa shape index (κ3) is 4.06. The number of nitrogens with one attached hydrogen (secondary N) is 1. The lowest BCUT2D eigenvalue weighted by Gasteiger charge is -2.07. The summed E-state index contributed by atoms with van der Waals surface area (Å²) in [6.45, 7) is 1.94. The number of rotatable bonds is 4. The monoisotopic (exact) mass is 368 g/mol. The summed E-state index contributed by atoms with van der Waals surface area (Å²) in [7, 11) is 1.30. The van der Waals surface area contributed by atoms with E-state index in [0.29, 0.717) is 5.16 Å². The Labute approximate surface area is 154 Å². The van der Waals surface area contributed by atoms with Crippen molar-refractivity contribution in [1.29, 1.82) is 0 Å². The molecule has 0 unspecified atom stereocenters. The quantitative estimate of drug-likeness (QED) is 0.249. The van der Waals surface area contributed by atoms with Crippen LogP contribution in [0.15, 0.2) is 64.9 Å². The molecule has 26 heavy (non-hydrogen) atoms. The fraction of sp³-hybridized carbons (Fsp3) is 0.118. The van der Waals surface area contributed by atoms with E-state index >= 15 is 0 Å². The van der Waals surface area contributed by atoms with Crippen molar-refractivity contribution in [2.45, 2.75) is 12.1 Å². The minimum Gasteiger partial charge on any atom is -0.464 e. The summed E-state index contributed by atoms with van der Waals surface area (Å²) in [6, 6.07) is 17.0. The molecule has 0 saturated heterocycles. The summed E-state index contributed by atoms with van der Waals surface area (Å²) in [4.78, 5) is 12.1. The predicted molar refractivity (Wildman–Crippen MR) is 99.3 cm³/mol. The SMILES string of the molecule is COC(=O)/C(=N/Nc1ccccc1C)Sc1nnnn1-c1ccccc1. The lowest BCUT2D eigenvalue weighted by Crippen LogP contribution is -2.15. The number of benzene rings is 2. The standard InChI is InChI=1S/C17H16N6O2S/c1-12-8-6-7-11-14(12)18-19-15(16(24)25-2)26-17-20-21-22-23(17)13-9-4-3-5-10-13/h3-11,18H,1-2H3/b19-15-. The average Bonchev–Trinajstić information content (AvgIpc) is 3.14. The molecule has 9 heteroatoms. The highest BCUT2D eigenvalue weighted by Crippen LogP contribution is 2.21. The normalized spacial score (nSPS) is 11.2. The van der Waals surface area contributed by atoms with E-state index in [2.05, 4.69) is 26.1 Å². The van der Waals surface area contributed by atoms with Gasteiger partial charge in [0.15, 0.2) is 0 Å². The van der Waals surface area contributed by atoms with Crippen molar-refractivity contribution in [3.63, 3.8) is 0 Å². The molecule has 0 bridgehead atoms. The third-order valence-corrected chi connectivity index (χ3v) is 4.30. The van der Waals surface area contributed by atoms with Crippen LogP contribution in [0.2, 0.25) is 0 Å². The highest BCUT2D eigenvalue weighted by molar-refractivity contribution is 8.15. The number of ether oxygens (including phenoxy) is 1. The van der Waals surface area contributed by atoms with Crippen LogP contribution < -0.4 is 5.43 Å².